The summed E-state index contributed by atoms with van der Waals surface area (Å²) in [6.07, 6.45) is 1.92. The first-order chi connectivity index (χ1) is 8.17. The third-order valence-electron chi connectivity index (χ3n) is 2.66. The standard InChI is InChI=1S/C13H13Cl2NO/c1-3-4-8-7-9-11(17-2)6-5-10(14)12(9)16-13(8)15/h5-7H,3-4H2,1-2H3. The van der Waals surface area contributed by atoms with Crippen LogP contribution >= 0.6 is 23.2 Å². The number of hydrogen-bond donors (Lipinski definition) is 0. The molecule has 0 atom stereocenters. The Hall–Kier alpha value is -0.990. The van der Waals surface area contributed by atoms with E-state index >= 15 is 0 Å². The van der Waals surface area contributed by atoms with Gasteiger partial charge >= 0.3 is 0 Å². The van der Waals surface area contributed by atoms with Gasteiger partial charge in [0.05, 0.1) is 17.6 Å². The summed E-state index contributed by atoms with van der Waals surface area (Å²) in [7, 11) is 1.64. The summed E-state index contributed by atoms with van der Waals surface area (Å²) in [4.78, 5) is 4.36. The second-order valence-electron chi connectivity index (χ2n) is 3.83. The van der Waals surface area contributed by atoms with E-state index in [0.29, 0.717) is 15.7 Å². The minimum Gasteiger partial charge on any atom is -0.496 e. The molecule has 0 bridgehead atoms. The first-order valence-electron chi connectivity index (χ1n) is 5.49. The van der Waals surface area contributed by atoms with E-state index in [9.17, 15) is 0 Å². The fraction of sp³-hybridized carbons (Fsp3) is 0.308. The lowest BCUT2D eigenvalue weighted by atomic mass is 10.1. The zero-order valence-electron chi connectivity index (χ0n) is 9.76. The SMILES string of the molecule is CCCc1cc2c(OC)ccc(Cl)c2nc1Cl. The molecule has 0 aliphatic heterocycles. The Balaban J connectivity index is 2.73. The third kappa shape index (κ3) is 2.33. The normalized spacial score (nSPS) is 10.8. The lowest BCUT2D eigenvalue weighted by Gasteiger charge is -2.09. The lowest BCUT2D eigenvalue weighted by molar-refractivity contribution is 0.419. The molecule has 0 spiro atoms. The molecule has 0 saturated heterocycles. The molecule has 0 aliphatic rings. The number of benzene rings is 1. The van der Waals surface area contributed by atoms with Gasteiger partial charge in [-0.15, -0.1) is 0 Å². The van der Waals surface area contributed by atoms with Crippen LogP contribution in [-0.2, 0) is 6.42 Å². The molecular formula is C13H13Cl2NO. The van der Waals surface area contributed by atoms with E-state index in [1.807, 2.05) is 12.1 Å². The molecule has 0 amide bonds. The first-order valence-corrected chi connectivity index (χ1v) is 6.24. The number of pyridine rings is 1. The zero-order valence-corrected chi connectivity index (χ0v) is 11.3. The van der Waals surface area contributed by atoms with Gasteiger partial charge in [-0.2, -0.15) is 0 Å². The number of rotatable bonds is 3. The maximum Gasteiger partial charge on any atom is 0.133 e. The highest BCUT2D eigenvalue weighted by molar-refractivity contribution is 6.36. The predicted molar refractivity (Wildman–Crippen MR) is 72.3 cm³/mol. The van der Waals surface area contributed by atoms with Crippen LogP contribution in [0, 0.1) is 0 Å². The van der Waals surface area contributed by atoms with Gasteiger partial charge in [-0.25, -0.2) is 4.98 Å². The summed E-state index contributed by atoms with van der Waals surface area (Å²) >= 11 is 12.2. The Kier molecular flexibility index (Phi) is 3.75. The highest BCUT2D eigenvalue weighted by Crippen LogP contribution is 2.33. The van der Waals surface area contributed by atoms with Crippen molar-refractivity contribution >= 4 is 34.1 Å². The number of methoxy groups -OCH3 is 1. The van der Waals surface area contributed by atoms with Crippen molar-refractivity contribution in [3.05, 3.63) is 33.9 Å². The molecule has 0 radical (unpaired) electrons. The quantitative estimate of drug-likeness (QED) is 0.766. The monoisotopic (exact) mass is 269 g/mol. The minimum atomic E-state index is 0.523. The topological polar surface area (TPSA) is 22.1 Å². The van der Waals surface area contributed by atoms with Crippen LogP contribution in [0.5, 0.6) is 5.75 Å². The Morgan fingerprint density at radius 3 is 2.71 bits per heavy atom. The van der Waals surface area contributed by atoms with Crippen LogP contribution in [0.3, 0.4) is 0 Å². The highest BCUT2D eigenvalue weighted by atomic mass is 35.5. The molecule has 2 rings (SSSR count). The van der Waals surface area contributed by atoms with Crippen LogP contribution in [0.25, 0.3) is 10.9 Å². The largest absolute Gasteiger partial charge is 0.496 e. The van der Waals surface area contributed by atoms with Crippen LogP contribution in [0.4, 0.5) is 0 Å². The van der Waals surface area contributed by atoms with Crippen molar-refractivity contribution in [3.63, 3.8) is 0 Å². The number of halogens is 2. The summed E-state index contributed by atoms with van der Waals surface area (Å²) in [5, 5.41) is 2.02. The summed E-state index contributed by atoms with van der Waals surface area (Å²) in [5.74, 6) is 0.769. The molecule has 0 aliphatic carbocycles. The van der Waals surface area contributed by atoms with Crippen LogP contribution in [0.1, 0.15) is 18.9 Å². The van der Waals surface area contributed by atoms with Gasteiger partial charge in [0.15, 0.2) is 0 Å². The van der Waals surface area contributed by atoms with Crippen LogP contribution in [0.15, 0.2) is 18.2 Å². The number of aromatic nitrogens is 1. The van der Waals surface area contributed by atoms with E-state index in [0.717, 1.165) is 29.5 Å². The van der Waals surface area contributed by atoms with Gasteiger partial charge in [-0.1, -0.05) is 36.5 Å². The molecule has 2 aromatic rings. The molecule has 0 fully saturated rings. The van der Waals surface area contributed by atoms with Crippen molar-refractivity contribution in [1.29, 1.82) is 0 Å². The molecule has 4 heteroatoms. The maximum atomic E-state index is 6.14. The number of nitrogens with zero attached hydrogens (tertiary/aromatic N) is 1. The minimum absolute atomic E-state index is 0.523. The van der Waals surface area contributed by atoms with E-state index in [4.69, 9.17) is 27.9 Å². The Labute approximate surface area is 111 Å². The van der Waals surface area contributed by atoms with Crippen LogP contribution in [0.2, 0.25) is 10.2 Å². The van der Waals surface area contributed by atoms with E-state index in [-0.39, 0.29) is 0 Å². The summed E-state index contributed by atoms with van der Waals surface area (Å²) in [5.41, 5.74) is 1.72. The van der Waals surface area contributed by atoms with Gasteiger partial charge in [-0.05, 0) is 30.2 Å². The van der Waals surface area contributed by atoms with Crippen molar-refractivity contribution in [2.45, 2.75) is 19.8 Å². The van der Waals surface area contributed by atoms with Gasteiger partial charge < -0.3 is 4.74 Å². The van der Waals surface area contributed by atoms with E-state index in [1.54, 1.807) is 13.2 Å². The maximum absolute atomic E-state index is 6.14. The number of fused-ring (bicyclic) bond motifs is 1. The summed E-state index contributed by atoms with van der Waals surface area (Å²) in [6, 6.07) is 5.63. The molecule has 0 saturated carbocycles. The number of ether oxygens (including phenoxy) is 1. The van der Waals surface area contributed by atoms with Gasteiger partial charge in [0, 0.05) is 5.39 Å². The number of hydrogen-bond acceptors (Lipinski definition) is 2. The molecule has 90 valence electrons. The summed E-state index contributed by atoms with van der Waals surface area (Å²) < 4.78 is 5.31. The van der Waals surface area contributed by atoms with E-state index in [1.165, 1.54) is 0 Å². The molecule has 1 aromatic carbocycles. The van der Waals surface area contributed by atoms with Gasteiger partial charge in [0.25, 0.3) is 0 Å². The van der Waals surface area contributed by atoms with E-state index < -0.39 is 0 Å². The van der Waals surface area contributed by atoms with Gasteiger partial charge in [-0.3, -0.25) is 0 Å². The van der Waals surface area contributed by atoms with Crippen molar-refractivity contribution in [3.8, 4) is 5.75 Å². The second-order valence-corrected chi connectivity index (χ2v) is 4.60. The zero-order chi connectivity index (χ0) is 12.4. The Morgan fingerprint density at radius 2 is 2.06 bits per heavy atom. The Bertz CT molecular complexity index is 555. The van der Waals surface area contributed by atoms with Crippen molar-refractivity contribution < 1.29 is 4.74 Å². The molecule has 0 unspecified atom stereocenters. The number of aryl methyl sites for hydroxylation is 1. The predicted octanol–water partition coefficient (Wildman–Crippen LogP) is 4.50. The average Bonchev–Trinajstić information content (AvgIpc) is 2.32. The third-order valence-corrected chi connectivity index (χ3v) is 3.29. The average molecular weight is 270 g/mol. The second kappa shape index (κ2) is 5.11. The van der Waals surface area contributed by atoms with E-state index in [2.05, 4.69) is 11.9 Å². The fourth-order valence-corrected chi connectivity index (χ4v) is 2.28. The van der Waals surface area contributed by atoms with Crippen LogP contribution < -0.4 is 4.74 Å². The molecule has 2 nitrogen and oxygen atoms in total. The van der Waals surface area contributed by atoms with Crippen molar-refractivity contribution in [1.82, 2.24) is 4.98 Å². The van der Waals surface area contributed by atoms with Gasteiger partial charge in [0.1, 0.15) is 10.9 Å². The van der Waals surface area contributed by atoms with Crippen molar-refractivity contribution in [2.24, 2.45) is 0 Å². The van der Waals surface area contributed by atoms with Crippen LogP contribution in [-0.4, -0.2) is 12.1 Å². The highest BCUT2D eigenvalue weighted by Gasteiger charge is 2.10. The molecule has 1 heterocycles. The Morgan fingerprint density at radius 1 is 1.29 bits per heavy atom. The van der Waals surface area contributed by atoms with Crippen molar-refractivity contribution in [2.75, 3.05) is 7.11 Å². The fourth-order valence-electron chi connectivity index (χ4n) is 1.84. The lowest BCUT2D eigenvalue weighted by Crippen LogP contribution is -1.93. The smallest absolute Gasteiger partial charge is 0.133 e. The molecular weight excluding hydrogens is 257 g/mol. The molecule has 17 heavy (non-hydrogen) atoms. The summed E-state index contributed by atoms with van der Waals surface area (Å²) in [6.45, 7) is 2.11. The van der Waals surface area contributed by atoms with Gasteiger partial charge in [0.2, 0.25) is 0 Å². The first kappa shape index (κ1) is 12.5. The molecule has 0 N–H and O–H groups in total. The molecule has 1 aromatic heterocycles.